The maximum Gasteiger partial charge on any atom is 0.406 e. The van der Waals surface area contributed by atoms with Gasteiger partial charge in [0.1, 0.15) is 29.3 Å². The van der Waals surface area contributed by atoms with Crippen molar-refractivity contribution in [1.82, 2.24) is 24.6 Å². The van der Waals surface area contributed by atoms with Crippen LogP contribution in [0.3, 0.4) is 0 Å². The Hall–Kier alpha value is -1.91. The zero-order valence-electron chi connectivity index (χ0n) is 11.9. The van der Waals surface area contributed by atoms with Crippen LogP contribution in [0.15, 0.2) is 10.9 Å². The van der Waals surface area contributed by atoms with Crippen molar-refractivity contribution in [2.45, 2.75) is 18.6 Å². The van der Waals surface area contributed by atoms with Crippen molar-refractivity contribution in [1.29, 1.82) is 0 Å². The molecule has 3 heterocycles. The normalized spacial score (nSPS) is 18.9. The predicted molar refractivity (Wildman–Crippen MR) is 78.7 cm³/mol. The first-order chi connectivity index (χ1) is 10.8. The fourth-order valence-electron chi connectivity index (χ4n) is 2.56. The lowest BCUT2D eigenvalue weighted by Gasteiger charge is -2.19. The lowest BCUT2D eigenvalue weighted by Crippen LogP contribution is -2.39. The van der Waals surface area contributed by atoms with Gasteiger partial charge in [-0.1, -0.05) is 0 Å². The van der Waals surface area contributed by atoms with E-state index in [0.29, 0.717) is 21.5 Å². The van der Waals surface area contributed by atoms with Gasteiger partial charge in [0.15, 0.2) is 5.65 Å². The molecule has 0 radical (unpaired) electrons. The lowest BCUT2D eigenvalue weighted by molar-refractivity contribution is -0.157. The molecular weight excluding hydrogens is 381 g/mol. The van der Waals surface area contributed by atoms with Crippen LogP contribution in [0, 0.1) is 0 Å². The average molecular weight is 393 g/mol. The molecule has 124 valence electrons. The number of halogens is 4. The van der Waals surface area contributed by atoms with Crippen LogP contribution in [-0.2, 0) is 11.8 Å². The summed E-state index contributed by atoms with van der Waals surface area (Å²) in [6.45, 7) is -1.18. The number of rotatable bonds is 3. The number of nitrogens with one attached hydrogen (secondary N) is 1. The van der Waals surface area contributed by atoms with E-state index in [-0.39, 0.29) is 13.0 Å². The van der Waals surface area contributed by atoms with E-state index in [1.807, 2.05) is 0 Å². The SMILES string of the molecule is Cn1nc(Br)c2c(NC3CCN(CC(F)(F)F)C3=O)ncnc21. The van der Waals surface area contributed by atoms with Crippen LogP contribution in [0.25, 0.3) is 11.0 Å². The molecule has 7 nitrogen and oxygen atoms in total. The first-order valence-corrected chi connectivity index (χ1v) is 7.51. The van der Waals surface area contributed by atoms with Crippen LogP contribution >= 0.6 is 15.9 Å². The summed E-state index contributed by atoms with van der Waals surface area (Å²) >= 11 is 3.29. The molecule has 0 aliphatic carbocycles. The molecule has 1 saturated heterocycles. The molecule has 11 heteroatoms. The van der Waals surface area contributed by atoms with E-state index in [0.717, 1.165) is 4.90 Å². The molecule has 23 heavy (non-hydrogen) atoms. The number of aryl methyl sites for hydroxylation is 1. The van der Waals surface area contributed by atoms with E-state index in [9.17, 15) is 18.0 Å². The number of alkyl halides is 3. The van der Waals surface area contributed by atoms with E-state index >= 15 is 0 Å². The third-order valence-corrected chi connectivity index (χ3v) is 4.11. The Kier molecular flexibility index (Phi) is 3.90. The third-order valence-electron chi connectivity index (χ3n) is 3.56. The largest absolute Gasteiger partial charge is 0.406 e. The highest BCUT2D eigenvalue weighted by molar-refractivity contribution is 9.10. The minimum absolute atomic E-state index is 0.0540. The fourth-order valence-corrected chi connectivity index (χ4v) is 3.16. The van der Waals surface area contributed by atoms with Crippen LogP contribution < -0.4 is 5.32 Å². The van der Waals surface area contributed by atoms with Gasteiger partial charge in [-0.05, 0) is 22.4 Å². The molecule has 1 amide bonds. The molecule has 0 spiro atoms. The molecule has 0 bridgehead atoms. The third kappa shape index (κ3) is 3.09. The van der Waals surface area contributed by atoms with E-state index in [1.54, 1.807) is 11.7 Å². The van der Waals surface area contributed by atoms with E-state index in [1.165, 1.54) is 6.33 Å². The van der Waals surface area contributed by atoms with Crippen molar-refractivity contribution in [2.75, 3.05) is 18.4 Å². The Bertz CT molecular complexity index is 761. The summed E-state index contributed by atoms with van der Waals surface area (Å²) in [6, 6.07) is -0.748. The number of fused-ring (bicyclic) bond motifs is 1. The van der Waals surface area contributed by atoms with Gasteiger partial charge in [0.2, 0.25) is 5.91 Å². The topological polar surface area (TPSA) is 75.9 Å². The number of aromatic nitrogens is 4. The monoisotopic (exact) mass is 392 g/mol. The molecule has 0 aromatic carbocycles. The smallest absolute Gasteiger partial charge is 0.358 e. The number of nitrogens with zero attached hydrogens (tertiary/aromatic N) is 5. The van der Waals surface area contributed by atoms with Gasteiger partial charge < -0.3 is 10.2 Å². The van der Waals surface area contributed by atoms with Crippen LogP contribution in [0.2, 0.25) is 0 Å². The molecule has 1 aliphatic rings. The Morgan fingerprint density at radius 1 is 1.43 bits per heavy atom. The van der Waals surface area contributed by atoms with Crippen LogP contribution in [0.5, 0.6) is 0 Å². The number of likely N-dealkylation sites (tertiary alicyclic amines) is 1. The number of hydrogen-bond acceptors (Lipinski definition) is 5. The molecule has 1 aliphatic heterocycles. The van der Waals surface area contributed by atoms with Crippen LogP contribution in [0.1, 0.15) is 6.42 Å². The molecule has 1 fully saturated rings. The fraction of sp³-hybridized carbons (Fsp3) is 0.500. The second kappa shape index (κ2) is 5.62. The van der Waals surface area contributed by atoms with Crippen LogP contribution in [0.4, 0.5) is 19.0 Å². The van der Waals surface area contributed by atoms with Crippen molar-refractivity contribution in [2.24, 2.45) is 7.05 Å². The first-order valence-electron chi connectivity index (χ1n) is 6.71. The van der Waals surface area contributed by atoms with Crippen molar-refractivity contribution < 1.29 is 18.0 Å². The number of anilines is 1. The summed E-state index contributed by atoms with van der Waals surface area (Å²) in [5, 5.41) is 7.65. The highest BCUT2D eigenvalue weighted by atomic mass is 79.9. The maximum absolute atomic E-state index is 12.4. The average Bonchev–Trinajstić information content (AvgIpc) is 2.92. The molecule has 2 aromatic rings. The Morgan fingerprint density at radius 3 is 2.87 bits per heavy atom. The van der Waals surface area contributed by atoms with E-state index in [2.05, 4.69) is 36.3 Å². The number of carbonyl (C=O) groups is 1. The minimum atomic E-state index is -4.40. The lowest BCUT2D eigenvalue weighted by atomic mass is 10.2. The summed E-state index contributed by atoms with van der Waals surface area (Å²) in [4.78, 5) is 21.1. The Labute approximate surface area is 137 Å². The zero-order valence-corrected chi connectivity index (χ0v) is 13.5. The summed E-state index contributed by atoms with van der Waals surface area (Å²) in [5.74, 6) is -0.226. The highest BCUT2D eigenvalue weighted by Gasteiger charge is 2.39. The van der Waals surface area contributed by atoms with Gasteiger partial charge in [-0.3, -0.25) is 4.79 Å². The highest BCUT2D eigenvalue weighted by Crippen LogP contribution is 2.29. The minimum Gasteiger partial charge on any atom is -0.358 e. The number of hydrogen-bond donors (Lipinski definition) is 1. The molecule has 1 N–H and O–H groups in total. The second-order valence-electron chi connectivity index (χ2n) is 5.20. The molecule has 1 unspecified atom stereocenters. The Balaban J connectivity index is 1.82. The first kappa shape index (κ1) is 16.0. The number of amides is 1. The van der Waals surface area contributed by atoms with E-state index in [4.69, 9.17) is 0 Å². The molecular formula is C12H12BrF3N6O. The predicted octanol–water partition coefficient (Wildman–Crippen LogP) is 1.70. The van der Waals surface area contributed by atoms with Gasteiger partial charge in [-0.25, -0.2) is 14.6 Å². The van der Waals surface area contributed by atoms with Gasteiger partial charge in [0, 0.05) is 13.6 Å². The molecule has 1 atom stereocenters. The van der Waals surface area contributed by atoms with Gasteiger partial charge in [-0.15, -0.1) is 0 Å². The van der Waals surface area contributed by atoms with Gasteiger partial charge in [0.05, 0.1) is 5.39 Å². The van der Waals surface area contributed by atoms with Gasteiger partial charge in [0.25, 0.3) is 0 Å². The summed E-state index contributed by atoms with van der Waals surface area (Å²) < 4.78 is 39.4. The standard InChI is InChI=1S/C12H12BrF3N6O/c1-21-10-7(8(13)20-21)9(17-5-18-10)19-6-2-3-22(11(6)23)4-12(14,15)16/h5-6H,2-4H2,1H3,(H,17,18,19). The molecule has 0 saturated carbocycles. The summed E-state index contributed by atoms with van der Waals surface area (Å²) in [7, 11) is 1.70. The summed E-state index contributed by atoms with van der Waals surface area (Å²) in [5.41, 5.74) is 0.548. The zero-order chi connectivity index (χ0) is 16.8. The van der Waals surface area contributed by atoms with Crippen molar-refractivity contribution >= 4 is 38.7 Å². The van der Waals surface area contributed by atoms with Crippen LogP contribution in [-0.4, -0.2) is 55.9 Å². The van der Waals surface area contributed by atoms with Gasteiger partial charge in [-0.2, -0.15) is 18.3 Å². The second-order valence-corrected chi connectivity index (χ2v) is 5.95. The van der Waals surface area contributed by atoms with Gasteiger partial charge >= 0.3 is 6.18 Å². The summed E-state index contributed by atoms with van der Waals surface area (Å²) in [6.07, 6.45) is -2.82. The van der Waals surface area contributed by atoms with Crippen molar-refractivity contribution in [3.05, 3.63) is 10.9 Å². The number of carbonyl (C=O) groups excluding carboxylic acids is 1. The maximum atomic E-state index is 12.4. The molecule has 3 rings (SSSR count). The Morgan fingerprint density at radius 2 is 2.17 bits per heavy atom. The van der Waals surface area contributed by atoms with Crippen molar-refractivity contribution in [3.63, 3.8) is 0 Å². The van der Waals surface area contributed by atoms with E-state index < -0.39 is 24.7 Å². The molecule has 2 aromatic heterocycles. The quantitative estimate of drug-likeness (QED) is 0.860. The van der Waals surface area contributed by atoms with Crippen molar-refractivity contribution in [3.8, 4) is 0 Å².